The number of aryl methyl sites for hydroxylation is 1. The fraction of sp³-hybridized carbons (Fsp3) is 0.375. The molecule has 2 aromatic rings. The highest BCUT2D eigenvalue weighted by atomic mass is 19.1. The molecule has 0 saturated carbocycles. The number of hydrogen-bond donors (Lipinski definition) is 1. The maximum absolute atomic E-state index is 13.4. The van der Waals surface area contributed by atoms with Crippen molar-refractivity contribution in [3.63, 3.8) is 0 Å². The van der Waals surface area contributed by atoms with E-state index in [1.165, 1.54) is 12.1 Å². The van der Waals surface area contributed by atoms with E-state index < -0.39 is 5.72 Å². The third-order valence-electron chi connectivity index (χ3n) is 6.44. The largest absolute Gasteiger partial charge is 0.483 e. The van der Waals surface area contributed by atoms with Crippen LogP contribution >= 0.6 is 0 Å². The molecule has 0 radical (unpaired) electrons. The van der Waals surface area contributed by atoms with Gasteiger partial charge in [0.15, 0.2) is 5.72 Å². The normalized spacial score (nSPS) is 25.7. The molecule has 168 valence electrons. The molecule has 0 aliphatic carbocycles. The van der Waals surface area contributed by atoms with E-state index in [0.29, 0.717) is 38.8 Å². The lowest BCUT2D eigenvalue weighted by Gasteiger charge is -2.32. The molecule has 0 unspecified atom stereocenters. The van der Waals surface area contributed by atoms with E-state index in [1.54, 1.807) is 6.07 Å². The Hall–Kier alpha value is -3.26. The lowest BCUT2D eigenvalue weighted by molar-refractivity contribution is -0.142. The second-order valence-electron chi connectivity index (χ2n) is 8.16. The summed E-state index contributed by atoms with van der Waals surface area (Å²) in [5, 5.41) is 6.89. The highest BCUT2D eigenvalue weighted by Crippen LogP contribution is 2.50. The van der Waals surface area contributed by atoms with Gasteiger partial charge in [-0.1, -0.05) is 42.5 Å². The molecule has 7 nitrogen and oxygen atoms in total. The van der Waals surface area contributed by atoms with Crippen molar-refractivity contribution in [2.45, 2.75) is 43.6 Å². The zero-order valence-corrected chi connectivity index (χ0v) is 17.5. The molecule has 3 aliphatic rings. The lowest BCUT2D eigenvalue weighted by Crippen LogP contribution is -2.48. The van der Waals surface area contributed by atoms with Crippen LogP contribution < -0.4 is 0 Å². The molecule has 3 fully saturated rings. The minimum atomic E-state index is -0.702. The standard InChI is InChI=1S/C23H23FN2O3.CH2O2/c24-18-8-4-5-16(13-18)9-10-21(27)25-12-11-23-20(25)14-22(28)26(23)15-19(29-23)17-6-2-1-3-7-17;2-1-3/h1-8,13,19-20H,9-12,14-15H2;1H,(H,2,3)/t19-,20-,23+;/m1./s1. The van der Waals surface area contributed by atoms with Gasteiger partial charge in [0.1, 0.15) is 11.9 Å². The van der Waals surface area contributed by atoms with Crippen molar-refractivity contribution in [2.75, 3.05) is 13.1 Å². The molecule has 3 aliphatic heterocycles. The van der Waals surface area contributed by atoms with Gasteiger partial charge >= 0.3 is 0 Å². The first-order valence-corrected chi connectivity index (χ1v) is 10.6. The molecule has 3 heterocycles. The number of amides is 2. The molecule has 2 aromatic carbocycles. The maximum Gasteiger partial charge on any atom is 0.290 e. The lowest BCUT2D eigenvalue weighted by atomic mass is 10.1. The Bertz CT molecular complexity index is 1000. The summed E-state index contributed by atoms with van der Waals surface area (Å²) >= 11 is 0. The first-order valence-electron chi connectivity index (χ1n) is 10.6. The molecule has 8 heteroatoms. The van der Waals surface area contributed by atoms with Crippen LogP contribution in [0, 0.1) is 5.82 Å². The number of likely N-dealkylation sites (tertiary alicyclic amines) is 1. The van der Waals surface area contributed by atoms with Crippen molar-refractivity contribution in [1.29, 1.82) is 0 Å². The maximum atomic E-state index is 13.4. The van der Waals surface area contributed by atoms with Gasteiger partial charge in [-0.25, -0.2) is 4.39 Å². The van der Waals surface area contributed by atoms with Crippen molar-refractivity contribution < 1.29 is 28.6 Å². The topological polar surface area (TPSA) is 87.2 Å². The molecule has 1 spiro atoms. The smallest absolute Gasteiger partial charge is 0.290 e. The highest BCUT2D eigenvalue weighted by Gasteiger charge is 2.64. The summed E-state index contributed by atoms with van der Waals surface area (Å²) in [6.07, 6.45) is 1.57. The molecular formula is C24H25FN2O5. The van der Waals surface area contributed by atoms with E-state index in [0.717, 1.165) is 11.1 Å². The minimum absolute atomic E-state index is 0.00227. The van der Waals surface area contributed by atoms with Crippen molar-refractivity contribution in [1.82, 2.24) is 9.80 Å². The van der Waals surface area contributed by atoms with Gasteiger partial charge in [-0.05, 0) is 29.7 Å². The quantitative estimate of drug-likeness (QED) is 0.739. The van der Waals surface area contributed by atoms with Crippen LogP contribution in [-0.2, 0) is 25.5 Å². The predicted molar refractivity (Wildman–Crippen MR) is 113 cm³/mol. The number of carbonyl (C=O) groups is 3. The fourth-order valence-corrected chi connectivity index (χ4v) is 5.05. The Morgan fingerprint density at radius 1 is 1.22 bits per heavy atom. The highest BCUT2D eigenvalue weighted by molar-refractivity contribution is 5.85. The minimum Gasteiger partial charge on any atom is -0.483 e. The van der Waals surface area contributed by atoms with Gasteiger partial charge in [0.25, 0.3) is 6.47 Å². The van der Waals surface area contributed by atoms with Gasteiger partial charge in [-0.15, -0.1) is 0 Å². The second-order valence-corrected chi connectivity index (χ2v) is 8.16. The summed E-state index contributed by atoms with van der Waals surface area (Å²) in [6.45, 7) is 0.864. The Balaban J connectivity index is 0.000000775. The molecular weight excluding hydrogens is 415 g/mol. The van der Waals surface area contributed by atoms with Gasteiger partial charge in [0.2, 0.25) is 11.8 Å². The molecule has 32 heavy (non-hydrogen) atoms. The Morgan fingerprint density at radius 2 is 1.97 bits per heavy atom. The molecule has 2 amide bonds. The molecule has 1 N–H and O–H groups in total. The van der Waals surface area contributed by atoms with E-state index in [2.05, 4.69) is 0 Å². The molecule has 0 aromatic heterocycles. The molecule has 3 saturated heterocycles. The van der Waals surface area contributed by atoms with E-state index in [1.807, 2.05) is 46.2 Å². The van der Waals surface area contributed by atoms with Crippen LogP contribution in [0.3, 0.4) is 0 Å². The number of carboxylic acid groups (broad SMARTS) is 1. The van der Waals surface area contributed by atoms with Gasteiger partial charge in [0, 0.05) is 19.4 Å². The van der Waals surface area contributed by atoms with E-state index in [4.69, 9.17) is 14.6 Å². The van der Waals surface area contributed by atoms with Crippen LogP contribution in [0.15, 0.2) is 54.6 Å². The monoisotopic (exact) mass is 440 g/mol. The second kappa shape index (κ2) is 9.08. The summed E-state index contributed by atoms with van der Waals surface area (Å²) in [5.41, 5.74) is 1.16. The third kappa shape index (κ3) is 3.98. The molecule has 5 rings (SSSR count). The Kier molecular flexibility index (Phi) is 6.23. The first-order chi connectivity index (χ1) is 15.5. The third-order valence-corrected chi connectivity index (χ3v) is 6.44. The number of rotatable bonds is 4. The first kappa shape index (κ1) is 22.0. The van der Waals surface area contributed by atoms with Crippen molar-refractivity contribution in [3.8, 4) is 0 Å². The van der Waals surface area contributed by atoms with E-state index in [9.17, 15) is 14.0 Å². The number of nitrogens with zero attached hydrogens (tertiary/aromatic N) is 2. The van der Waals surface area contributed by atoms with Crippen LogP contribution in [0.1, 0.15) is 36.5 Å². The average Bonchev–Trinajstić information content (AvgIpc) is 3.42. The summed E-state index contributed by atoms with van der Waals surface area (Å²) < 4.78 is 19.9. The van der Waals surface area contributed by atoms with Gasteiger partial charge in [-0.2, -0.15) is 0 Å². The summed E-state index contributed by atoms with van der Waals surface area (Å²) in [5.74, 6) is -0.243. The number of ether oxygens (including phenoxy) is 1. The Labute approximate surface area is 185 Å². The zero-order chi connectivity index (χ0) is 22.7. The molecule has 0 bridgehead atoms. The summed E-state index contributed by atoms with van der Waals surface area (Å²) in [7, 11) is 0. The Morgan fingerprint density at radius 3 is 2.69 bits per heavy atom. The van der Waals surface area contributed by atoms with E-state index >= 15 is 0 Å². The van der Waals surface area contributed by atoms with E-state index in [-0.39, 0.29) is 36.2 Å². The van der Waals surface area contributed by atoms with Crippen molar-refractivity contribution in [2.24, 2.45) is 0 Å². The number of hydrogen-bond acceptors (Lipinski definition) is 4. The number of halogens is 1. The SMILES string of the molecule is O=C(CCc1cccc(F)c1)N1CC[C@@]23O[C@@H](c4ccccc4)CN2C(=O)C[C@@H]13.O=CO. The van der Waals surface area contributed by atoms with Gasteiger partial charge < -0.3 is 19.6 Å². The van der Waals surface area contributed by atoms with Crippen molar-refractivity contribution in [3.05, 3.63) is 71.5 Å². The van der Waals surface area contributed by atoms with Crippen LogP contribution in [0.5, 0.6) is 0 Å². The number of benzene rings is 2. The fourth-order valence-electron chi connectivity index (χ4n) is 5.05. The average molecular weight is 440 g/mol. The van der Waals surface area contributed by atoms with Gasteiger partial charge in [-0.3, -0.25) is 14.4 Å². The van der Waals surface area contributed by atoms with Crippen LogP contribution in [0.2, 0.25) is 0 Å². The summed E-state index contributed by atoms with van der Waals surface area (Å²) in [4.78, 5) is 37.6. The van der Waals surface area contributed by atoms with Crippen LogP contribution in [0.25, 0.3) is 0 Å². The van der Waals surface area contributed by atoms with Crippen LogP contribution in [-0.4, -0.2) is 58.0 Å². The summed E-state index contributed by atoms with van der Waals surface area (Å²) in [6, 6.07) is 16.0. The zero-order valence-electron chi connectivity index (χ0n) is 17.5. The van der Waals surface area contributed by atoms with Crippen LogP contribution in [0.4, 0.5) is 4.39 Å². The van der Waals surface area contributed by atoms with Crippen molar-refractivity contribution >= 4 is 18.3 Å². The molecule has 3 atom stereocenters. The number of carbonyl (C=O) groups excluding carboxylic acids is 2. The predicted octanol–water partition coefficient (Wildman–Crippen LogP) is 2.76. The van der Waals surface area contributed by atoms with Gasteiger partial charge in [0.05, 0.1) is 19.0 Å².